The highest BCUT2D eigenvalue weighted by Crippen LogP contribution is 2.32. The van der Waals surface area contributed by atoms with E-state index in [4.69, 9.17) is 15.5 Å². The van der Waals surface area contributed by atoms with Crippen LogP contribution in [0.2, 0.25) is 0 Å². The van der Waals surface area contributed by atoms with E-state index in [0.717, 1.165) is 74.5 Å². The zero-order valence-electron chi connectivity index (χ0n) is 23.1. The molecule has 1 aromatic carbocycles. The summed E-state index contributed by atoms with van der Waals surface area (Å²) in [4.78, 5) is 31.3. The van der Waals surface area contributed by atoms with Crippen molar-refractivity contribution in [3.05, 3.63) is 53.6 Å². The topological polar surface area (TPSA) is 91.1 Å². The molecule has 206 valence electrons. The number of unbranched alkanes of at least 4 members (excludes halogenated alkanes) is 1. The Morgan fingerprint density at radius 3 is 2.63 bits per heavy atom. The van der Waals surface area contributed by atoms with Gasteiger partial charge in [-0.2, -0.15) is 9.97 Å². The number of rotatable bonds is 12. The fraction of sp³-hybridized carbons (Fsp3) is 0.552. The van der Waals surface area contributed by atoms with Crippen LogP contribution in [0.25, 0.3) is 0 Å². The molecule has 0 spiro atoms. The molecule has 2 N–H and O–H groups in total. The lowest BCUT2D eigenvalue weighted by Gasteiger charge is -2.34. The molecule has 4 rings (SSSR count). The van der Waals surface area contributed by atoms with Gasteiger partial charge < -0.3 is 25.2 Å². The zero-order valence-corrected chi connectivity index (χ0v) is 23.1. The minimum Gasteiger partial charge on any atom is -0.463 e. The van der Waals surface area contributed by atoms with E-state index >= 15 is 0 Å². The normalized spacial score (nSPS) is 16.4. The van der Waals surface area contributed by atoms with Crippen molar-refractivity contribution in [3.63, 3.8) is 0 Å². The first-order valence-corrected chi connectivity index (χ1v) is 13.9. The van der Waals surface area contributed by atoms with Crippen LogP contribution in [0.5, 0.6) is 6.01 Å². The number of likely N-dealkylation sites (N-methyl/N-ethyl adjacent to an activating group) is 1. The van der Waals surface area contributed by atoms with E-state index in [2.05, 4.69) is 52.4 Å². The maximum atomic E-state index is 13.4. The molecule has 1 fully saturated rings. The Hall–Kier alpha value is -3.17. The largest absolute Gasteiger partial charge is 0.463 e. The van der Waals surface area contributed by atoms with E-state index < -0.39 is 0 Å². The summed E-state index contributed by atoms with van der Waals surface area (Å²) in [5.41, 5.74) is 9.45. The van der Waals surface area contributed by atoms with Crippen molar-refractivity contribution in [1.82, 2.24) is 24.7 Å². The molecule has 0 radical (unpaired) electrons. The van der Waals surface area contributed by atoms with Gasteiger partial charge in [0.25, 0.3) is 0 Å². The molecule has 1 amide bonds. The van der Waals surface area contributed by atoms with Crippen molar-refractivity contribution in [1.29, 1.82) is 0 Å². The maximum Gasteiger partial charge on any atom is 0.320 e. The van der Waals surface area contributed by atoms with Crippen LogP contribution in [0.1, 0.15) is 37.3 Å². The number of carbonyl (C=O) groups is 1. The predicted molar refractivity (Wildman–Crippen MR) is 152 cm³/mol. The summed E-state index contributed by atoms with van der Waals surface area (Å²) in [6.07, 6.45) is 3.47. The molecule has 0 bridgehead atoms. The third-order valence-electron chi connectivity index (χ3n) is 7.25. The zero-order chi connectivity index (χ0) is 26.9. The molecule has 38 heavy (non-hydrogen) atoms. The number of benzene rings is 1. The van der Waals surface area contributed by atoms with E-state index in [1.807, 2.05) is 23.1 Å². The fourth-order valence-electron chi connectivity index (χ4n) is 4.95. The Bertz CT molecular complexity index is 1070. The molecule has 2 aromatic rings. The number of anilines is 2. The van der Waals surface area contributed by atoms with Gasteiger partial charge >= 0.3 is 6.01 Å². The summed E-state index contributed by atoms with van der Waals surface area (Å²) < 4.78 is 5.78. The van der Waals surface area contributed by atoms with E-state index in [-0.39, 0.29) is 5.91 Å². The van der Waals surface area contributed by atoms with Crippen LogP contribution in [0.15, 0.2) is 42.5 Å². The van der Waals surface area contributed by atoms with Crippen LogP contribution in [0.3, 0.4) is 0 Å². The number of ether oxygens (including phenoxy) is 1. The molecule has 2 aliphatic rings. The van der Waals surface area contributed by atoms with Gasteiger partial charge in [-0.3, -0.25) is 9.69 Å². The molecule has 1 saturated heterocycles. The summed E-state index contributed by atoms with van der Waals surface area (Å²) in [5.74, 6) is 1.47. The van der Waals surface area contributed by atoms with Gasteiger partial charge in [0.2, 0.25) is 5.91 Å². The average molecular weight is 522 g/mol. The Morgan fingerprint density at radius 1 is 1.13 bits per heavy atom. The molecule has 1 aromatic heterocycles. The highest BCUT2D eigenvalue weighted by atomic mass is 16.5. The number of hydrogen-bond donors (Lipinski definition) is 1. The Labute approximate surface area is 227 Å². The van der Waals surface area contributed by atoms with Crippen LogP contribution >= 0.6 is 0 Å². The van der Waals surface area contributed by atoms with Crippen LogP contribution < -0.4 is 15.4 Å². The standard InChI is InChI=1S/C29H43N7O2/c1-4-5-18-38-29-31-27(30)25-19-23(2)20-36(28(25)32-29)13-9-12-35(21-24-10-7-6-8-11-24)26(37)22-34-16-14-33(3)15-17-34/h6-8,10-11H,2,4-5,9,12-22H2,1,3H3,(H2,30,31,32). The maximum absolute atomic E-state index is 13.4. The van der Waals surface area contributed by atoms with Gasteiger partial charge in [-0.05, 0) is 25.5 Å². The van der Waals surface area contributed by atoms with Crippen LogP contribution in [0.4, 0.5) is 11.6 Å². The van der Waals surface area contributed by atoms with E-state index in [9.17, 15) is 4.79 Å². The summed E-state index contributed by atoms with van der Waals surface area (Å²) in [7, 11) is 2.13. The monoisotopic (exact) mass is 521 g/mol. The first kappa shape index (κ1) is 27.9. The lowest BCUT2D eigenvalue weighted by molar-refractivity contribution is -0.133. The van der Waals surface area contributed by atoms with Crippen LogP contribution in [-0.4, -0.2) is 96.6 Å². The number of piperazine rings is 1. The van der Waals surface area contributed by atoms with Crippen molar-refractivity contribution in [2.75, 3.05) is 76.6 Å². The molecule has 9 nitrogen and oxygen atoms in total. The predicted octanol–water partition coefficient (Wildman–Crippen LogP) is 2.82. The summed E-state index contributed by atoms with van der Waals surface area (Å²) in [6.45, 7) is 14.0. The second kappa shape index (κ2) is 13.6. The Morgan fingerprint density at radius 2 is 1.89 bits per heavy atom. The van der Waals surface area contributed by atoms with Crippen molar-refractivity contribution < 1.29 is 9.53 Å². The van der Waals surface area contributed by atoms with E-state index in [1.165, 1.54) is 0 Å². The van der Waals surface area contributed by atoms with Gasteiger partial charge in [0.1, 0.15) is 11.6 Å². The Balaban J connectivity index is 1.42. The molecule has 0 atom stereocenters. The van der Waals surface area contributed by atoms with Gasteiger partial charge in [0, 0.05) is 64.3 Å². The number of nitrogen functional groups attached to an aromatic ring is 1. The lowest BCUT2D eigenvalue weighted by atomic mass is 10.0. The minimum atomic E-state index is 0.181. The third kappa shape index (κ3) is 7.68. The summed E-state index contributed by atoms with van der Waals surface area (Å²) >= 11 is 0. The number of hydrogen-bond acceptors (Lipinski definition) is 8. The number of nitrogens with two attached hydrogens (primary N) is 1. The number of amides is 1. The molecule has 2 aliphatic heterocycles. The van der Waals surface area contributed by atoms with E-state index in [1.54, 1.807) is 0 Å². The van der Waals surface area contributed by atoms with Gasteiger partial charge in [0.05, 0.1) is 13.2 Å². The van der Waals surface area contributed by atoms with Crippen molar-refractivity contribution >= 4 is 17.5 Å². The summed E-state index contributed by atoms with van der Waals surface area (Å²) in [6, 6.07) is 10.6. The Kier molecular flexibility index (Phi) is 9.95. The number of carbonyl (C=O) groups excluding carboxylic acids is 1. The summed E-state index contributed by atoms with van der Waals surface area (Å²) in [5, 5.41) is 0. The molecule has 3 heterocycles. The molecule has 0 saturated carbocycles. The average Bonchev–Trinajstić information content (AvgIpc) is 2.90. The smallest absolute Gasteiger partial charge is 0.320 e. The third-order valence-corrected chi connectivity index (χ3v) is 7.25. The second-order valence-corrected chi connectivity index (χ2v) is 10.5. The number of fused-ring (bicyclic) bond motifs is 1. The van der Waals surface area contributed by atoms with Crippen molar-refractivity contribution in [2.45, 2.75) is 39.2 Å². The number of nitrogens with zero attached hydrogens (tertiary/aromatic N) is 6. The van der Waals surface area contributed by atoms with Gasteiger partial charge in [-0.15, -0.1) is 0 Å². The van der Waals surface area contributed by atoms with Gasteiger partial charge in [0.15, 0.2) is 0 Å². The van der Waals surface area contributed by atoms with Crippen LogP contribution in [-0.2, 0) is 17.8 Å². The molecular formula is C29H43N7O2. The first-order valence-electron chi connectivity index (χ1n) is 13.9. The number of aromatic nitrogens is 2. The molecule has 9 heteroatoms. The molecule has 0 unspecified atom stereocenters. The highest BCUT2D eigenvalue weighted by Gasteiger charge is 2.26. The molecular weight excluding hydrogens is 478 g/mol. The first-order chi connectivity index (χ1) is 18.4. The fourth-order valence-corrected chi connectivity index (χ4v) is 4.95. The SMILES string of the molecule is C=C1Cc2c(N)nc(OCCCC)nc2N(CCCN(Cc2ccccc2)C(=O)CN2CCN(C)CC2)C1. The van der Waals surface area contributed by atoms with Crippen molar-refractivity contribution in [2.24, 2.45) is 0 Å². The minimum absolute atomic E-state index is 0.181. The van der Waals surface area contributed by atoms with E-state index in [0.29, 0.717) is 51.0 Å². The van der Waals surface area contributed by atoms with Gasteiger partial charge in [-0.1, -0.05) is 55.8 Å². The lowest BCUT2D eigenvalue weighted by Crippen LogP contribution is -2.49. The highest BCUT2D eigenvalue weighted by molar-refractivity contribution is 5.78. The second-order valence-electron chi connectivity index (χ2n) is 10.5. The van der Waals surface area contributed by atoms with Gasteiger partial charge in [-0.25, -0.2) is 0 Å². The van der Waals surface area contributed by atoms with Crippen molar-refractivity contribution in [3.8, 4) is 6.01 Å². The molecule has 0 aliphatic carbocycles. The van der Waals surface area contributed by atoms with Crippen LogP contribution in [0, 0.1) is 0 Å². The quantitative estimate of drug-likeness (QED) is 0.337.